The van der Waals surface area contributed by atoms with E-state index >= 15 is 0 Å². The van der Waals surface area contributed by atoms with Crippen LogP contribution in [0.3, 0.4) is 0 Å². The van der Waals surface area contributed by atoms with Crippen LogP contribution >= 0.6 is 0 Å². The van der Waals surface area contributed by atoms with Crippen molar-refractivity contribution < 1.29 is 0 Å². The molecule has 17 heavy (non-hydrogen) atoms. The van der Waals surface area contributed by atoms with Crippen molar-refractivity contribution >= 4 is 0 Å². The molecule has 0 spiro atoms. The zero-order valence-corrected chi connectivity index (χ0v) is 10.9. The normalized spacial score (nSPS) is 32.2. The number of hydrogen-bond donors (Lipinski definition) is 0. The van der Waals surface area contributed by atoms with Crippen LogP contribution in [0.5, 0.6) is 0 Å². The van der Waals surface area contributed by atoms with Crippen LogP contribution in [-0.4, -0.2) is 10.9 Å². The van der Waals surface area contributed by atoms with E-state index < -0.39 is 0 Å². The molecule has 1 nitrogen and oxygen atoms in total. The molecule has 0 aromatic heterocycles. The first-order chi connectivity index (χ1) is 8.43. The SMILES string of the molecule is [C]1C(C2CCCCC2)C=CN1C1CCCCC1. The lowest BCUT2D eigenvalue weighted by Gasteiger charge is -2.33. The Kier molecular flexibility index (Phi) is 3.73. The van der Waals surface area contributed by atoms with Crippen molar-refractivity contribution in [2.45, 2.75) is 70.3 Å². The van der Waals surface area contributed by atoms with Crippen LogP contribution in [0.15, 0.2) is 12.3 Å². The summed E-state index contributed by atoms with van der Waals surface area (Å²) in [6, 6.07) is 0.772. The van der Waals surface area contributed by atoms with E-state index in [4.69, 9.17) is 0 Å². The van der Waals surface area contributed by atoms with E-state index in [1.54, 1.807) is 0 Å². The van der Waals surface area contributed by atoms with Crippen molar-refractivity contribution in [2.75, 3.05) is 0 Å². The molecule has 1 aliphatic heterocycles. The molecule has 3 aliphatic rings. The highest BCUT2D eigenvalue weighted by atomic mass is 15.2. The summed E-state index contributed by atoms with van der Waals surface area (Å²) in [7, 11) is 0. The summed E-state index contributed by atoms with van der Waals surface area (Å²) in [4.78, 5) is 2.43. The molecule has 0 bridgehead atoms. The van der Waals surface area contributed by atoms with E-state index in [2.05, 4.69) is 23.7 Å². The summed E-state index contributed by atoms with van der Waals surface area (Å²) in [5.74, 6) is 1.53. The van der Waals surface area contributed by atoms with E-state index in [0.717, 1.165) is 12.0 Å². The Morgan fingerprint density at radius 1 is 0.824 bits per heavy atom. The lowest BCUT2D eigenvalue weighted by Crippen LogP contribution is -2.30. The Morgan fingerprint density at radius 3 is 2.18 bits per heavy atom. The predicted octanol–water partition coefficient (Wildman–Crippen LogP) is 4.38. The second kappa shape index (κ2) is 5.46. The fourth-order valence-corrected chi connectivity index (χ4v) is 3.79. The average Bonchev–Trinajstić information content (AvgIpc) is 2.90. The van der Waals surface area contributed by atoms with E-state index in [1.165, 1.54) is 64.2 Å². The van der Waals surface area contributed by atoms with Gasteiger partial charge in [-0.1, -0.05) is 44.6 Å². The monoisotopic (exact) mass is 231 g/mol. The summed E-state index contributed by atoms with van der Waals surface area (Å²) in [6.07, 6.45) is 19.0. The molecule has 0 N–H and O–H groups in total. The average molecular weight is 231 g/mol. The minimum Gasteiger partial charge on any atom is -0.364 e. The first-order valence-electron chi connectivity index (χ1n) is 7.66. The minimum absolute atomic E-state index is 0.636. The van der Waals surface area contributed by atoms with Crippen molar-refractivity contribution in [3.63, 3.8) is 0 Å². The van der Waals surface area contributed by atoms with Gasteiger partial charge < -0.3 is 4.90 Å². The highest BCUT2D eigenvalue weighted by Crippen LogP contribution is 2.37. The zero-order valence-electron chi connectivity index (χ0n) is 10.9. The van der Waals surface area contributed by atoms with E-state index in [0.29, 0.717) is 5.92 Å². The van der Waals surface area contributed by atoms with Crippen LogP contribution < -0.4 is 0 Å². The van der Waals surface area contributed by atoms with Crippen LogP contribution in [0.25, 0.3) is 0 Å². The molecule has 0 saturated heterocycles. The van der Waals surface area contributed by atoms with Crippen LogP contribution in [0.4, 0.5) is 0 Å². The third-order valence-electron chi connectivity index (χ3n) is 4.88. The van der Waals surface area contributed by atoms with Gasteiger partial charge >= 0.3 is 0 Å². The second-order valence-corrected chi connectivity index (χ2v) is 6.09. The molecule has 0 aromatic rings. The van der Waals surface area contributed by atoms with Crippen molar-refractivity contribution in [3.05, 3.63) is 18.8 Å². The number of rotatable bonds is 2. The molecule has 1 heteroatoms. The van der Waals surface area contributed by atoms with Gasteiger partial charge in [0.2, 0.25) is 0 Å². The van der Waals surface area contributed by atoms with Gasteiger partial charge in [0.25, 0.3) is 0 Å². The quantitative estimate of drug-likeness (QED) is 0.681. The molecule has 2 radical (unpaired) electrons. The van der Waals surface area contributed by atoms with Gasteiger partial charge in [0.1, 0.15) is 0 Å². The van der Waals surface area contributed by atoms with Gasteiger partial charge in [0.05, 0.1) is 6.54 Å². The van der Waals surface area contributed by atoms with Crippen LogP contribution in [0.2, 0.25) is 0 Å². The first-order valence-corrected chi connectivity index (χ1v) is 7.66. The standard InChI is InChI=1S/C16H25N/c1-3-7-14(8-4-1)15-11-12-17(13-15)16-9-5-2-6-10-16/h11-12,14-16H,1-10H2. The first kappa shape index (κ1) is 11.6. The molecule has 0 amide bonds. The second-order valence-electron chi connectivity index (χ2n) is 6.09. The maximum Gasteiger partial charge on any atom is 0.0986 e. The molecule has 2 aliphatic carbocycles. The van der Waals surface area contributed by atoms with Gasteiger partial charge in [-0.25, -0.2) is 0 Å². The number of nitrogens with zero attached hydrogens (tertiary/aromatic N) is 1. The molecular weight excluding hydrogens is 206 g/mol. The fraction of sp³-hybridized carbons (Fsp3) is 0.812. The van der Waals surface area contributed by atoms with Crippen LogP contribution in [0, 0.1) is 18.4 Å². The molecule has 2 saturated carbocycles. The molecule has 2 fully saturated rings. The van der Waals surface area contributed by atoms with Crippen molar-refractivity contribution in [1.29, 1.82) is 0 Å². The maximum atomic E-state index is 3.75. The smallest absolute Gasteiger partial charge is 0.0986 e. The Bertz CT molecular complexity index is 233. The van der Waals surface area contributed by atoms with Gasteiger partial charge in [0, 0.05) is 12.0 Å². The summed E-state index contributed by atoms with van der Waals surface area (Å²) in [5.41, 5.74) is 0. The molecule has 0 aromatic carbocycles. The Hall–Kier alpha value is -0.460. The van der Waals surface area contributed by atoms with E-state index in [1.807, 2.05) is 0 Å². The summed E-state index contributed by atoms with van der Waals surface area (Å²) >= 11 is 0. The van der Waals surface area contributed by atoms with E-state index in [-0.39, 0.29) is 0 Å². The van der Waals surface area contributed by atoms with Crippen molar-refractivity contribution in [2.24, 2.45) is 11.8 Å². The molecule has 1 heterocycles. The van der Waals surface area contributed by atoms with Gasteiger partial charge in [-0.15, -0.1) is 0 Å². The third-order valence-corrected chi connectivity index (χ3v) is 4.88. The third kappa shape index (κ3) is 2.69. The molecule has 94 valence electrons. The Labute approximate surface area is 106 Å². The summed E-state index contributed by atoms with van der Waals surface area (Å²) in [5, 5.41) is 0. The molecule has 1 atom stereocenters. The fourth-order valence-electron chi connectivity index (χ4n) is 3.79. The largest absolute Gasteiger partial charge is 0.364 e. The van der Waals surface area contributed by atoms with Gasteiger partial charge in [0.15, 0.2) is 0 Å². The predicted molar refractivity (Wildman–Crippen MR) is 71.2 cm³/mol. The number of hydrogen-bond acceptors (Lipinski definition) is 1. The van der Waals surface area contributed by atoms with Crippen molar-refractivity contribution in [1.82, 2.24) is 4.90 Å². The summed E-state index contributed by atoms with van der Waals surface area (Å²) in [6.45, 7) is 3.75. The van der Waals surface area contributed by atoms with Gasteiger partial charge in [-0.3, -0.25) is 0 Å². The zero-order chi connectivity index (χ0) is 11.5. The van der Waals surface area contributed by atoms with E-state index in [9.17, 15) is 0 Å². The minimum atomic E-state index is 0.636. The highest BCUT2D eigenvalue weighted by molar-refractivity contribution is 5.09. The topological polar surface area (TPSA) is 3.24 Å². The Morgan fingerprint density at radius 2 is 1.47 bits per heavy atom. The summed E-state index contributed by atoms with van der Waals surface area (Å²) < 4.78 is 0. The van der Waals surface area contributed by atoms with Gasteiger partial charge in [-0.05, 0) is 37.8 Å². The van der Waals surface area contributed by atoms with Gasteiger partial charge in [-0.2, -0.15) is 0 Å². The Balaban J connectivity index is 1.52. The van der Waals surface area contributed by atoms with Crippen LogP contribution in [-0.2, 0) is 0 Å². The highest BCUT2D eigenvalue weighted by Gasteiger charge is 2.30. The maximum absolute atomic E-state index is 3.75. The van der Waals surface area contributed by atoms with Crippen LogP contribution in [0.1, 0.15) is 64.2 Å². The van der Waals surface area contributed by atoms with Crippen molar-refractivity contribution in [3.8, 4) is 0 Å². The lowest BCUT2D eigenvalue weighted by atomic mass is 9.80. The molecule has 1 unspecified atom stereocenters. The molecule has 3 rings (SSSR count). The lowest BCUT2D eigenvalue weighted by molar-refractivity contribution is 0.228. The molecular formula is C16H25N.